The van der Waals surface area contributed by atoms with E-state index in [-0.39, 0.29) is 24.0 Å². The minimum Gasteiger partial charge on any atom is -0.373 e. The molecule has 2 bridgehead atoms. The Bertz CT molecular complexity index is 1200. The Kier molecular flexibility index (Phi) is 5.90. The quantitative estimate of drug-likeness (QED) is 0.582. The largest absolute Gasteiger partial charge is 0.373 e. The Balaban J connectivity index is 1.48. The van der Waals surface area contributed by atoms with Crippen molar-refractivity contribution in [1.82, 2.24) is 10.2 Å². The van der Waals surface area contributed by atoms with Gasteiger partial charge in [-0.15, -0.1) is 0 Å². The summed E-state index contributed by atoms with van der Waals surface area (Å²) in [6.07, 6.45) is 3.48. The first-order valence-corrected chi connectivity index (χ1v) is 12.0. The molecule has 2 amide bonds. The summed E-state index contributed by atoms with van der Waals surface area (Å²) in [6.45, 7) is 5.34. The molecular weight excluding hydrogens is 412 g/mol. The first-order chi connectivity index (χ1) is 16.1. The molecule has 2 aliphatic heterocycles. The molecule has 5 heteroatoms. The molecule has 5 nitrogen and oxygen atoms in total. The number of fused-ring (bicyclic) bond motifs is 3. The molecule has 0 aromatic heterocycles. The van der Waals surface area contributed by atoms with Crippen molar-refractivity contribution in [1.29, 1.82) is 0 Å². The van der Waals surface area contributed by atoms with Gasteiger partial charge in [-0.25, -0.2) is 0 Å². The van der Waals surface area contributed by atoms with Crippen molar-refractivity contribution >= 4 is 22.6 Å². The summed E-state index contributed by atoms with van der Waals surface area (Å²) < 4.78 is 5.90. The van der Waals surface area contributed by atoms with Crippen molar-refractivity contribution in [2.75, 3.05) is 13.1 Å². The highest BCUT2D eigenvalue weighted by molar-refractivity contribution is 6.11. The molecule has 0 spiro atoms. The number of benzene rings is 3. The maximum Gasteiger partial charge on any atom is 0.253 e. The molecule has 170 valence electrons. The fraction of sp³-hybridized carbons (Fsp3) is 0.357. The third-order valence-electron chi connectivity index (χ3n) is 7.06. The molecule has 3 aromatic carbocycles. The molecule has 1 N–H and O–H groups in total. The van der Waals surface area contributed by atoms with Gasteiger partial charge in [0.2, 0.25) is 0 Å². The van der Waals surface area contributed by atoms with Gasteiger partial charge in [0.25, 0.3) is 11.8 Å². The van der Waals surface area contributed by atoms with Gasteiger partial charge in [-0.3, -0.25) is 9.59 Å². The van der Waals surface area contributed by atoms with Crippen LogP contribution in [0.5, 0.6) is 0 Å². The zero-order valence-electron chi connectivity index (χ0n) is 19.2. The van der Waals surface area contributed by atoms with E-state index in [1.807, 2.05) is 79.4 Å². The first kappa shape index (κ1) is 21.7. The van der Waals surface area contributed by atoms with Gasteiger partial charge in [0.1, 0.15) is 0 Å². The Morgan fingerprint density at radius 3 is 2.45 bits per heavy atom. The van der Waals surface area contributed by atoms with E-state index in [2.05, 4.69) is 5.32 Å². The predicted octanol–water partition coefficient (Wildman–Crippen LogP) is 5.04. The van der Waals surface area contributed by atoms with Crippen LogP contribution in [0.4, 0.5) is 0 Å². The number of ether oxygens (including phenoxy) is 1. The van der Waals surface area contributed by atoms with E-state index >= 15 is 0 Å². The lowest BCUT2D eigenvalue weighted by atomic mass is 9.92. The highest BCUT2D eigenvalue weighted by Gasteiger charge is 2.41. The number of hydrogen-bond acceptors (Lipinski definition) is 3. The van der Waals surface area contributed by atoms with Crippen LogP contribution in [0.1, 0.15) is 53.8 Å². The van der Waals surface area contributed by atoms with E-state index in [1.54, 1.807) is 0 Å². The van der Waals surface area contributed by atoms with Gasteiger partial charge in [0.15, 0.2) is 0 Å². The second kappa shape index (κ2) is 8.99. The molecule has 2 fully saturated rings. The molecule has 0 radical (unpaired) electrons. The van der Waals surface area contributed by atoms with Gasteiger partial charge in [-0.1, -0.05) is 42.5 Å². The zero-order valence-corrected chi connectivity index (χ0v) is 19.2. The van der Waals surface area contributed by atoms with E-state index in [0.717, 1.165) is 41.2 Å². The van der Waals surface area contributed by atoms with E-state index in [1.165, 1.54) is 0 Å². The van der Waals surface area contributed by atoms with Crippen molar-refractivity contribution < 1.29 is 14.3 Å². The van der Waals surface area contributed by atoms with Crippen molar-refractivity contribution in [2.24, 2.45) is 0 Å². The molecule has 3 atom stereocenters. The van der Waals surface area contributed by atoms with E-state index in [0.29, 0.717) is 30.3 Å². The lowest BCUT2D eigenvalue weighted by Gasteiger charge is -2.21. The SMILES string of the molecule is CCN(CC)C(=O)c1cccc(-c2ccc(C(=O)N[C@@H]3C[C@@H]4CC[C@H]3O4)c3ccccc23)c1. The number of rotatable bonds is 6. The van der Waals surface area contributed by atoms with Crippen LogP contribution in [0, 0.1) is 0 Å². The zero-order chi connectivity index (χ0) is 22.9. The van der Waals surface area contributed by atoms with Crippen molar-refractivity contribution in [3.63, 3.8) is 0 Å². The Labute approximate surface area is 194 Å². The summed E-state index contributed by atoms with van der Waals surface area (Å²) in [7, 11) is 0. The lowest BCUT2D eigenvalue weighted by Crippen LogP contribution is -2.41. The summed E-state index contributed by atoms with van der Waals surface area (Å²) in [5.41, 5.74) is 3.34. The van der Waals surface area contributed by atoms with Crippen LogP contribution in [-0.2, 0) is 4.74 Å². The Morgan fingerprint density at radius 2 is 1.76 bits per heavy atom. The maximum atomic E-state index is 13.2. The van der Waals surface area contributed by atoms with Gasteiger partial charge in [-0.05, 0) is 73.2 Å². The van der Waals surface area contributed by atoms with Gasteiger partial charge < -0.3 is 15.0 Å². The van der Waals surface area contributed by atoms with Gasteiger partial charge >= 0.3 is 0 Å². The number of nitrogens with zero attached hydrogens (tertiary/aromatic N) is 1. The highest BCUT2D eigenvalue weighted by atomic mass is 16.5. The molecule has 0 saturated carbocycles. The third-order valence-corrected chi connectivity index (χ3v) is 7.06. The molecule has 3 aromatic rings. The normalized spacial score (nSPS) is 21.3. The van der Waals surface area contributed by atoms with Crippen LogP contribution in [0.15, 0.2) is 60.7 Å². The standard InChI is InChI=1S/C28H30N2O3/c1-3-30(4-2)28(32)19-9-7-8-18(16-19)21-13-14-24(23-11-6-5-10-22(21)23)27(31)29-25-17-20-12-15-26(25)33-20/h5-11,13-14,16,20,25-26H,3-4,12,15,17H2,1-2H3,(H,29,31)/t20-,25+,26+/m0/s1. The van der Waals surface area contributed by atoms with Crippen molar-refractivity contribution in [2.45, 2.75) is 51.4 Å². The number of hydrogen-bond donors (Lipinski definition) is 1. The molecule has 0 unspecified atom stereocenters. The number of carbonyl (C=O) groups excluding carboxylic acids is 2. The smallest absolute Gasteiger partial charge is 0.253 e. The van der Waals surface area contributed by atoms with E-state index in [4.69, 9.17) is 4.74 Å². The van der Waals surface area contributed by atoms with Crippen LogP contribution < -0.4 is 5.32 Å². The summed E-state index contributed by atoms with van der Waals surface area (Å²) in [5, 5.41) is 5.13. The number of carbonyl (C=O) groups is 2. The minimum atomic E-state index is -0.0515. The summed E-state index contributed by atoms with van der Waals surface area (Å²) in [6, 6.07) is 19.8. The van der Waals surface area contributed by atoms with Crippen molar-refractivity contribution in [3.05, 3.63) is 71.8 Å². The molecule has 5 rings (SSSR count). The van der Waals surface area contributed by atoms with Crippen molar-refractivity contribution in [3.8, 4) is 11.1 Å². The average molecular weight is 443 g/mol. The van der Waals surface area contributed by atoms with Crippen LogP contribution in [0.25, 0.3) is 21.9 Å². The predicted molar refractivity (Wildman–Crippen MR) is 130 cm³/mol. The maximum absolute atomic E-state index is 13.2. The molecular formula is C28H30N2O3. The van der Waals surface area contributed by atoms with E-state index in [9.17, 15) is 9.59 Å². The molecule has 33 heavy (non-hydrogen) atoms. The summed E-state index contributed by atoms with van der Waals surface area (Å²) in [5.74, 6) is -0.0143. The second-order valence-corrected chi connectivity index (χ2v) is 8.95. The third kappa shape index (κ3) is 4.02. The number of amides is 2. The summed E-state index contributed by atoms with van der Waals surface area (Å²) >= 11 is 0. The molecule has 2 saturated heterocycles. The minimum absolute atomic E-state index is 0.0373. The lowest BCUT2D eigenvalue weighted by molar-refractivity contribution is 0.0772. The van der Waals surface area contributed by atoms with Gasteiger partial charge in [0, 0.05) is 24.2 Å². The first-order valence-electron chi connectivity index (χ1n) is 12.0. The highest BCUT2D eigenvalue weighted by Crippen LogP contribution is 2.35. The van der Waals surface area contributed by atoms with Crippen LogP contribution in [0.3, 0.4) is 0 Å². The monoisotopic (exact) mass is 442 g/mol. The Morgan fingerprint density at radius 1 is 0.970 bits per heavy atom. The topological polar surface area (TPSA) is 58.6 Å². The second-order valence-electron chi connectivity index (χ2n) is 8.95. The van der Waals surface area contributed by atoms with Gasteiger partial charge in [-0.2, -0.15) is 0 Å². The number of nitrogens with one attached hydrogen (secondary N) is 1. The summed E-state index contributed by atoms with van der Waals surface area (Å²) in [4.78, 5) is 27.9. The van der Waals surface area contributed by atoms with Crippen LogP contribution in [0.2, 0.25) is 0 Å². The van der Waals surface area contributed by atoms with Gasteiger partial charge in [0.05, 0.1) is 18.2 Å². The average Bonchev–Trinajstić information content (AvgIpc) is 3.47. The van der Waals surface area contributed by atoms with Crippen LogP contribution in [-0.4, -0.2) is 48.1 Å². The molecule has 2 heterocycles. The van der Waals surface area contributed by atoms with E-state index < -0.39 is 0 Å². The van der Waals surface area contributed by atoms with Crippen LogP contribution >= 0.6 is 0 Å². The Hall–Kier alpha value is -3.18. The molecule has 2 aliphatic rings. The molecule has 0 aliphatic carbocycles. The fourth-order valence-corrected chi connectivity index (χ4v) is 5.30. The fourth-order valence-electron chi connectivity index (χ4n) is 5.30.